The fourth-order valence-corrected chi connectivity index (χ4v) is 1.62. The maximum atomic E-state index is 10.9. The van der Waals surface area contributed by atoms with Crippen molar-refractivity contribution in [3.8, 4) is 5.75 Å². The van der Waals surface area contributed by atoms with E-state index in [1.54, 1.807) is 12.1 Å². The van der Waals surface area contributed by atoms with Gasteiger partial charge in [-0.2, -0.15) is 0 Å². The van der Waals surface area contributed by atoms with E-state index in [9.17, 15) is 4.79 Å². The Kier molecular flexibility index (Phi) is 9.24. The molecule has 0 heterocycles. The van der Waals surface area contributed by atoms with Crippen LogP contribution in [0.25, 0.3) is 0 Å². The average molecular weight is 295 g/mol. The largest absolute Gasteiger partial charge is 0.491 e. The van der Waals surface area contributed by atoms with Crippen LogP contribution in [0.15, 0.2) is 24.3 Å². The predicted molar refractivity (Wildman–Crippen MR) is 82.8 cm³/mol. The lowest BCUT2D eigenvalue weighted by Crippen LogP contribution is -2.11. The van der Waals surface area contributed by atoms with Gasteiger partial charge >= 0.3 is 0 Å². The Morgan fingerprint density at radius 2 is 1.62 bits per heavy atom. The Bertz CT molecular complexity index is 392. The minimum Gasteiger partial charge on any atom is -0.491 e. The number of benzene rings is 1. The first-order valence-electron chi connectivity index (χ1n) is 7.38. The Balaban J connectivity index is 2.03. The highest BCUT2D eigenvalue weighted by molar-refractivity contribution is 5.88. The van der Waals surface area contributed by atoms with Crippen LogP contribution < -0.4 is 10.1 Å². The van der Waals surface area contributed by atoms with Crippen LogP contribution in [0.2, 0.25) is 0 Å². The molecule has 0 unspecified atom stereocenters. The number of nitrogens with one attached hydrogen (secondary N) is 1. The predicted octanol–water partition coefficient (Wildman–Crippen LogP) is 2.86. The molecule has 0 saturated carbocycles. The number of anilines is 1. The molecular formula is C16H25NO4. The van der Waals surface area contributed by atoms with E-state index in [4.69, 9.17) is 14.2 Å². The summed E-state index contributed by atoms with van der Waals surface area (Å²) in [6.07, 6.45) is 2.24. The van der Waals surface area contributed by atoms with Crippen molar-refractivity contribution in [2.24, 2.45) is 0 Å². The summed E-state index contributed by atoms with van der Waals surface area (Å²) >= 11 is 0. The summed E-state index contributed by atoms with van der Waals surface area (Å²) in [6.45, 7) is 6.67. The van der Waals surface area contributed by atoms with Crippen LogP contribution in [0.3, 0.4) is 0 Å². The molecule has 0 aliphatic heterocycles. The molecule has 1 amide bonds. The van der Waals surface area contributed by atoms with Crippen LogP contribution in [0.4, 0.5) is 5.69 Å². The smallest absolute Gasteiger partial charge is 0.221 e. The Hall–Kier alpha value is -1.59. The molecule has 1 N–H and O–H groups in total. The molecule has 0 bridgehead atoms. The van der Waals surface area contributed by atoms with Gasteiger partial charge in [-0.1, -0.05) is 13.3 Å². The molecule has 1 aromatic carbocycles. The molecule has 5 nitrogen and oxygen atoms in total. The first-order chi connectivity index (χ1) is 10.2. The normalized spacial score (nSPS) is 10.4. The number of ether oxygens (including phenoxy) is 3. The van der Waals surface area contributed by atoms with E-state index >= 15 is 0 Å². The van der Waals surface area contributed by atoms with E-state index in [2.05, 4.69) is 12.2 Å². The Morgan fingerprint density at radius 3 is 2.24 bits per heavy atom. The second kappa shape index (κ2) is 11.1. The van der Waals surface area contributed by atoms with Gasteiger partial charge < -0.3 is 19.5 Å². The molecule has 0 aromatic heterocycles. The van der Waals surface area contributed by atoms with Gasteiger partial charge in [-0.3, -0.25) is 4.79 Å². The average Bonchev–Trinajstić information content (AvgIpc) is 2.47. The summed E-state index contributed by atoms with van der Waals surface area (Å²) in [4.78, 5) is 10.9. The van der Waals surface area contributed by atoms with Crippen molar-refractivity contribution in [3.05, 3.63) is 24.3 Å². The zero-order valence-corrected chi connectivity index (χ0v) is 12.9. The summed E-state index contributed by atoms with van der Waals surface area (Å²) < 4.78 is 16.3. The molecule has 0 aliphatic carbocycles. The Labute approximate surface area is 126 Å². The number of hydrogen-bond donors (Lipinski definition) is 1. The van der Waals surface area contributed by atoms with Gasteiger partial charge in [-0.15, -0.1) is 0 Å². The van der Waals surface area contributed by atoms with Crippen molar-refractivity contribution in [1.82, 2.24) is 0 Å². The third kappa shape index (κ3) is 9.05. The molecule has 0 radical (unpaired) electrons. The van der Waals surface area contributed by atoms with Crippen LogP contribution in [0.5, 0.6) is 5.75 Å². The van der Waals surface area contributed by atoms with Crippen LogP contribution in [0, 0.1) is 0 Å². The van der Waals surface area contributed by atoms with E-state index in [0.717, 1.165) is 30.9 Å². The van der Waals surface area contributed by atoms with Gasteiger partial charge in [-0.25, -0.2) is 0 Å². The third-order valence-electron chi connectivity index (χ3n) is 2.69. The van der Waals surface area contributed by atoms with Crippen molar-refractivity contribution < 1.29 is 19.0 Å². The summed E-state index contributed by atoms with van der Waals surface area (Å²) in [7, 11) is 0. The van der Waals surface area contributed by atoms with E-state index in [1.807, 2.05) is 12.1 Å². The summed E-state index contributed by atoms with van der Waals surface area (Å²) in [6, 6.07) is 7.25. The molecule has 1 rings (SSSR count). The van der Waals surface area contributed by atoms with Crippen LogP contribution >= 0.6 is 0 Å². The van der Waals surface area contributed by atoms with Gasteiger partial charge in [0, 0.05) is 19.2 Å². The Morgan fingerprint density at radius 1 is 1.00 bits per heavy atom. The minimum absolute atomic E-state index is 0.0850. The molecule has 0 spiro atoms. The van der Waals surface area contributed by atoms with E-state index < -0.39 is 0 Å². The van der Waals surface area contributed by atoms with Gasteiger partial charge in [0.15, 0.2) is 0 Å². The number of unbranched alkanes of at least 4 members (excludes halogenated alkanes) is 1. The zero-order valence-electron chi connectivity index (χ0n) is 12.9. The first-order valence-corrected chi connectivity index (χ1v) is 7.38. The van der Waals surface area contributed by atoms with Crippen LogP contribution in [0.1, 0.15) is 26.7 Å². The standard InChI is InChI=1S/C16H25NO4/c1-3-4-9-19-10-11-20-12-13-21-16-7-5-15(6-8-16)17-14(2)18/h5-8H,3-4,9-13H2,1-2H3,(H,17,18). The summed E-state index contributed by atoms with van der Waals surface area (Å²) in [5.74, 6) is 0.671. The lowest BCUT2D eigenvalue weighted by atomic mass is 10.3. The molecule has 0 atom stereocenters. The van der Waals surface area contributed by atoms with Crippen LogP contribution in [-0.4, -0.2) is 38.9 Å². The maximum Gasteiger partial charge on any atom is 0.221 e. The number of carbonyl (C=O) groups is 1. The molecule has 1 aromatic rings. The van der Waals surface area contributed by atoms with E-state index in [1.165, 1.54) is 6.92 Å². The number of rotatable bonds is 11. The van der Waals surface area contributed by atoms with Crippen molar-refractivity contribution in [2.45, 2.75) is 26.7 Å². The van der Waals surface area contributed by atoms with E-state index in [-0.39, 0.29) is 5.91 Å². The fourth-order valence-electron chi connectivity index (χ4n) is 1.62. The quantitative estimate of drug-likeness (QED) is 0.638. The zero-order chi connectivity index (χ0) is 15.3. The third-order valence-corrected chi connectivity index (χ3v) is 2.69. The van der Waals surface area contributed by atoms with Gasteiger partial charge in [0.05, 0.1) is 19.8 Å². The van der Waals surface area contributed by atoms with Gasteiger partial charge in [0.2, 0.25) is 5.91 Å². The van der Waals surface area contributed by atoms with Crippen molar-refractivity contribution in [1.29, 1.82) is 0 Å². The molecular weight excluding hydrogens is 270 g/mol. The van der Waals surface area contributed by atoms with Crippen molar-refractivity contribution >= 4 is 11.6 Å². The molecule has 0 fully saturated rings. The summed E-state index contributed by atoms with van der Waals surface area (Å²) in [5.41, 5.74) is 0.760. The van der Waals surface area contributed by atoms with Gasteiger partial charge in [0.25, 0.3) is 0 Å². The molecule has 118 valence electrons. The van der Waals surface area contributed by atoms with Crippen LogP contribution in [-0.2, 0) is 14.3 Å². The molecule has 21 heavy (non-hydrogen) atoms. The lowest BCUT2D eigenvalue weighted by molar-refractivity contribution is -0.114. The fraction of sp³-hybridized carbons (Fsp3) is 0.562. The van der Waals surface area contributed by atoms with Gasteiger partial charge in [-0.05, 0) is 30.7 Å². The topological polar surface area (TPSA) is 56.8 Å². The molecule has 5 heteroatoms. The first kappa shape index (κ1) is 17.5. The SMILES string of the molecule is CCCCOCCOCCOc1ccc(NC(C)=O)cc1. The molecule has 0 saturated heterocycles. The number of carbonyl (C=O) groups excluding carboxylic acids is 1. The maximum absolute atomic E-state index is 10.9. The van der Waals surface area contributed by atoms with E-state index in [0.29, 0.717) is 26.4 Å². The number of amides is 1. The lowest BCUT2D eigenvalue weighted by Gasteiger charge is -2.08. The highest BCUT2D eigenvalue weighted by Crippen LogP contribution is 2.15. The number of hydrogen-bond acceptors (Lipinski definition) is 4. The van der Waals surface area contributed by atoms with Gasteiger partial charge in [0.1, 0.15) is 12.4 Å². The van der Waals surface area contributed by atoms with Crippen molar-refractivity contribution in [3.63, 3.8) is 0 Å². The highest BCUT2D eigenvalue weighted by Gasteiger charge is 1.97. The highest BCUT2D eigenvalue weighted by atomic mass is 16.5. The van der Waals surface area contributed by atoms with Crippen molar-refractivity contribution in [2.75, 3.05) is 38.4 Å². The summed E-state index contributed by atoms with van der Waals surface area (Å²) in [5, 5.41) is 2.70. The minimum atomic E-state index is -0.0850. The second-order valence-electron chi connectivity index (χ2n) is 4.63. The monoisotopic (exact) mass is 295 g/mol. The molecule has 0 aliphatic rings. The second-order valence-corrected chi connectivity index (χ2v) is 4.63.